The lowest BCUT2D eigenvalue weighted by Crippen LogP contribution is -2.43. The first-order valence-corrected chi connectivity index (χ1v) is 7.47. The van der Waals surface area contributed by atoms with Gasteiger partial charge in [0, 0.05) is 25.2 Å². The van der Waals surface area contributed by atoms with Crippen molar-refractivity contribution >= 4 is 17.6 Å². The van der Waals surface area contributed by atoms with Crippen LogP contribution in [0.1, 0.15) is 25.7 Å². The molecule has 0 radical (unpaired) electrons. The Balaban J connectivity index is 2.06. The number of para-hydroxylation sites is 1. The fourth-order valence-corrected chi connectivity index (χ4v) is 2.65. The van der Waals surface area contributed by atoms with Crippen LogP contribution in [0.3, 0.4) is 0 Å². The Bertz CT molecular complexity index is 470. The number of carbonyl (C=O) groups excluding carboxylic acids is 1. The van der Waals surface area contributed by atoms with Gasteiger partial charge in [-0.3, -0.25) is 9.59 Å². The fourth-order valence-electron chi connectivity index (χ4n) is 2.65. The van der Waals surface area contributed by atoms with Crippen molar-refractivity contribution in [1.29, 1.82) is 0 Å². The Labute approximate surface area is 125 Å². The first-order valence-electron chi connectivity index (χ1n) is 7.47. The average molecular weight is 290 g/mol. The summed E-state index contributed by atoms with van der Waals surface area (Å²) in [7, 11) is 0. The number of amides is 1. The van der Waals surface area contributed by atoms with Gasteiger partial charge in [-0.1, -0.05) is 18.2 Å². The van der Waals surface area contributed by atoms with Gasteiger partial charge in [-0.15, -0.1) is 0 Å². The van der Waals surface area contributed by atoms with Crippen LogP contribution in [0, 0.1) is 5.92 Å². The standard InChI is InChI=1S/C16H22N2O3/c19-15(20)9-5-11-18(14-7-2-1-3-8-14)16(21)13-6-4-10-17-12-13/h1-3,7-8,13,17H,4-6,9-12H2,(H,19,20)/t13-/m0/s1. The number of anilines is 1. The van der Waals surface area contributed by atoms with E-state index < -0.39 is 5.97 Å². The van der Waals surface area contributed by atoms with Crippen LogP contribution in [-0.4, -0.2) is 36.6 Å². The van der Waals surface area contributed by atoms with Crippen molar-refractivity contribution in [2.24, 2.45) is 5.92 Å². The molecule has 1 saturated heterocycles. The molecule has 1 amide bonds. The molecular weight excluding hydrogens is 268 g/mol. The molecular formula is C16H22N2O3. The molecule has 5 heteroatoms. The van der Waals surface area contributed by atoms with Gasteiger partial charge in [0.15, 0.2) is 0 Å². The molecule has 21 heavy (non-hydrogen) atoms. The van der Waals surface area contributed by atoms with Crippen LogP contribution >= 0.6 is 0 Å². The normalized spacial score (nSPS) is 18.2. The number of hydrogen-bond acceptors (Lipinski definition) is 3. The van der Waals surface area contributed by atoms with E-state index in [2.05, 4.69) is 5.32 Å². The second-order valence-corrected chi connectivity index (χ2v) is 5.37. The highest BCUT2D eigenvalue weighted by atomic mass is 16.4. The van der Waals surface area contributed by atoms with Crippen LogP contribution in [0.2, 0.25) is 0 Å². The highest BCUT2D eigenvalue weighted by molar-refractivity contribution is 5.95. The molecule has 0 saturated carbocycles. The summed E-state index contributed by atoms with van der Waals surface area (Å²) in [6, 6.07) is 9.49. The summed E-state index contributed by atoms with van der Waals surface area (Å²) in [4.78, 5) is 25.1. The van der Waals surface area contributed by atoms with Crippen LogP contribution in [0.5, 0.6) is 0 Å². The second kappa shape index (κ2) is 7.78. The van der Waals surface area contributed by atoms with Crippen LogP contribution in [0.4, 0.5) is 5.69 Å². The van der Waals surface area contributed by atoms with Gasteiger partial charge < -0.3 is 15.3 Å². The lowest BCUT2D eigenvalue weighted by Gasteiger charge is -2.29. The maximum atomic E-state index is 12.7. The van der Waals surface area contributed by atoms with Crippen LogP contribution in [-0.2, 0) is 9.59 Å². The van der Waals surface area contributed by atoms with Crippen LogP contribution in [0.15, 0.2) is 30.3 Å². The SMILES string of the molecule is O=C(O)CCCN(C(=O)[C@H]1CCCNC1)c1ccccc1. The molecule has 1 aliphatic rings. The maximum absolute atomic E-state index is 12.7. The molecule has 1 aliphatic heterocycles. The van der Waals surface area contributed by atoms with Crippen molar-refractivity contribution in [3.63, 3.8) is 0 Å². The van der Waals surface area contributed by atoms with Crippen LogP contribution < -0.4 is 10.2 Å². The first-order chi connectivity index (χ1) is 10.2. The van der Waals surface area contributed by atoms with Crippen molar-refractivity contribution in [3.05, 3.63) is 30.3 Å². The van der Waals surface area contributed by atoms with E-state index in [-0.39, 0.29) is 18.2 Å². The van der Waals surface area contributed by atoms with Crippen molar-refractivity contribution in [2.45, 2.75) is 25.7 Å². The molecule has 1 atom stereocenters. The quantitative estimate of drug-likeness (QED) is 0.839. The number of aliphatic carboxylic acids is 1. The third kappa shape index (κ3) is 4.56. The van der Waals surface area contributed by atoms with E-state index in [0.29, 0.717) is 19.5 Å². The third-order valence-electron chi connectivity index (χ3n) is 3.75. The molecule has 0 spiro atoms. The Hall–Kier alpha value is -1.88. The second-order valence-electron chi connectivity index (χ2n) is 5.37. The van der Waals surface area contributed by atoms with Crippen LogP contribution in [0.25, 0.3) is 0 Å². The van der Waals surface area contributed by atoms with E-state index >= 15 is 0 Å². The molecule has 0 aromatic heterocycles. The zero-order chi connectivity index (χ0) is 15.1. The number of hydrogen-bond donors (Lipinski definition) is 2. The van der Waals surface area contributed by atoms with Gasteiger partial charge in [0.25, 0.3) is 0 Å². The number of carboxylic acids is 1. The molecule has 5 nitrogen and oxygen atoms in total. The van der Waals surface area contributed by atoms with E-state index in [9.17, 15) is 9.59 Å². The summed E-state index contributed by atoms with van der Waals surface area (Å²) >= 11 is 0. The molecule has 2 N–H and O–H groups in total. The number of carbonyl (C=O) groups is 2. The summed E-state index contributed by atoms with van der Waals surface area (Å²) < 4.78 is 0. The zero-order valence-electron chi connectivity index (χ0n) is 12.1. The minimum Gasteiger partial charge on any atom is -0.481 e. The van der Waals surface area contributed by atoms with Gasteiger partial charge in [-0.2, -0.15) is 0 Å². The minimum atomic E-state index is -0.824. The molecule has 1 aromatic carbocycles. The number of nitrogens with one attached hydrogen (secondary N) is 1. The molecule has 1 fully saturated rings. The number of nitrogens with zero attached hydrogens (tertiary/aromatic N) is 1. The zero-order valence-corrected chi connectivity index (χ0v) is 12.1. The molecule has 1 aromatic rings. The van der Waals surface area contributed by atoms with Gasteiger partial charge in [0.05, 0.1) is 5.92 Å². The average Bonchev–Trinajstić information content (AvgIpc) is 2.52. The summed E-state index contributed by atoms with van der Waals surface area (Å²) in [6.07, 6.45) is 2.46. The van der Waals surface area contributed by atoms with Gasteiger partial charge in [-0.05, 0) is 37.9 Å². The largest absolute Gasteiger partial charge is 0.481 e. The van der Waals surface area contributed by atoms with Crippen molar-refractivity contribution in [1.82, 2.24) is 5.32 Å². The molecule has 0 bridgehead atoms. The van der Waals surface area contributed by atoms with Gasteiger partial charge in [0.2, 0.25) is 5.91 Å². The van der Waals surface area contributed by atoms with E-state index in [4.69, 9.17) is 5.11 Å². The fraction of sp³-hybridized carbons (Fsp3) is 0.500. The molecule has 114 valence electrons. The van der Waals surface area contributed by atoms with Crippen molar-refractivity contribution < 1.29 is 14.7 Å². The Morgan fingerprint density at radius 3 is 2.67 bits per heavy atom. The monoisotopic (exact) mass is 290 g/mol. The first kappa shape index (κ1) is 15.5. The third-order valence-corrected chi connectivity index (χ3v) is 3.75. The van der Waals surface area contributed by atoms with E-state index in [1.54, 1.807) is 4.90 Å². The Morgan fingerprint density at radius 1 is 1.29 bits per heavy atom. The minimum absolute atomic E-state index is 0.0104. The van der Waals surface area contributed by atoms with Crippen molar-refractivity contribution in [3.8, 4) is 0 Å². The summed E-state index contributed by atoms with van der Waals surface area (Å²) in [6.45, 7) is 2.13. The predicted molar refractivity (Wildman–Crippen MR) is 81.3 cm³/mol. The summed E-state index contributed by atoms with van der Waals surface area (Å²) in [5.41, 5.74) is 0.846. The number of rotatable bonds is 6. The number of carboxylic acid groups (broad SMARTS) is 1. The molecule has 0 aliphatic carbocycles. The molecule has 2 rings (SSSR count). The Kier molecular flexibility index (Phi) is 5.75. The lowest BCUT2D eigenvalue weighted by atomic mass is 9.97. The maximum Gasteiger partial charge on any atom is 0.303 e. The topological polar surface area (TPSA) is 69.6 Å². The summed E-state index contributed by atoms with van der Waals surface area (Å²) in [5.74, 6) is -0.739. The lowest BCUT2D eigenvalue weighted by molar-refractivity contribution is -0.137. The van der Waals surface area contributed by atoms with Gasteiger partial charge in [0.1, 0.15) is 0 Å². The predicted octanol–water partition coefficient (Wildman–Crippen LogP) is 1.88. The van der Waals surface area contributed by atoms with E-state index in [1.165, 1.54) is 0 Å². The number of benzene rings is 1. The van der Waals surface area contributed by atoms with E-state index in [0.717, 1.165) is 25.1 Å². The Morgan fingerprint density at radius 2 is 2.05 bits per heavy atom. The molecule has 0 unspecified atom stereocenters. The number of piperidine rings is 1. The summed E-state index contributed by atoms with van der Waals surface area (Å²) in [5, 5.41) is 12.0. The highest BCUT2D eigenvalue weighted by Gasteiger charge is 2.26. The molecule has 1 heterocycles. The van der Waals surface area contributed by atoms with Crippen molar-refractivity contribution in [2.75, 3.05) is 24.5 Å². The van der Waals surface area contributed by atoms with Gasteiger partial charge in [-0.25, -0.2) is 0 Å². The van der Waals surface area contributed by atoms with E-state index in [1.807, 2.05) is 30.3 Å². The highest BCUT2D eigenvalue weighted by Crippen LogP contribution is 2.20. The van der Waals surface area contributed by atoms with Gasteiger partial charge >= 0.3 is 5.97 Å². The smallest absolute Gasteiger partial charge is 0.303 e.